The predicted octanol–water partition coefficient (Wildman–Crippen LogP) is 3.20. The fraction of sp³-hybridized carbons (Fsp3) is 0.364. The Bertz CT molecular complexity index is 1210. The van der Waals surface area contributed by atoms with E-state index in [0.717, 1.165) is 42.6 Å². The van der Waals surface area contributed by atoms with E-state index < -0.39 is 9.84 Å². The third-order valence-corrected chi connectivity index (χ3v) is 8.40. The molecule has 1 saturated heterocycles. The highest BCUT2D eigenvalue weighted by Gasteiger charge is 2.20. The number of halogens is 2. The average Bonchev–Trinajstić information content (AvgIpc) is 3.25. The van der Waals surface area contributed by atoms with Gasteiger partial charge in [0.25, 0.3) is 5.91 Å². The van der Waals surface area contributed by atoms with Crippen molar-refractivity contribution in [2.45, 2.75) is 11.8 Å². The predicted molar refractivity (Wildman–Crippen MR) is 132 cm³/mol. The van der Waals surface area contributed by atoms with Crippen LogP contribution < -0.4 is 10.2 Å². The molecule has 178 valence electrons. The van der Waals surface area contributed by atoms with Crippen molar-refractivity contribution < 1.29 is 17.6 Å². The Morgan fingerprint density at radius 2 is 1.82 bits per heavy atom. The zero-order valence-electron chi connectivity index (χ0n) is 18.2. The van der Waals surface area contributed by atoms with Gasteiger partial charge in [0, 0.05) is 44.8 Å². The number of hydrogen-bond acceptors (Lipinski definition) is 7. The van der Waals surface area contributed by atoms with E-state index in [-0.39, 0.29) is 34.8 Å². The lowest BCUT2D eigenvalue weighted by atomic mass is 10.2. The number of anilines is 1. The normalized spacial score (nSPS) is 14.8. The van der Waals surface area contributed by atoms with Gasteiger partial charge in [0.2, 0.25) is 0 Å². The Hall–Kier alpha value is -2.27. The van der Waals surface area contributed by atoms with E-state index in [1.165, 1.54) is 41.7 Å². The second kappa shape index (κ2) is 10.8. The molecule has 0 atom stereocenters. The molecule has 1 fully saturated rings. The van der Waals surface area contributed by atoms with E-state index in [1.807, 2.05) is 6.07 Å². The van der Waals surface area contributed by atoms with Gasteiger partial charge in [-0.3, -0.25) is 9.69 Å². The van der Waals surface area contributed by atoms with Gasteiger partial charge in [0.1, 0.15) is 11.3 Å². The number of amides is 1. The number of piperazine rings is 1. The highest BCUT2D eigenvalue weighted by molar-refractivity contribution is 7.91. The van der Waals surface area contributed by atoms with Crippen molar-refractivity contribution in [3.8, 4) is 0 Å². The zero-order valence-corrected chi connectivity index (χ0v) is 20.6. The van der Waals surface area contributed by atoms with E-state index in [2.05, 4.69) is 20.1 Å². The number of nitrogens with one attached hydrogen (secondary N) is 1. The Morgan fingerprint density at radius 3 is 2.45 bits per heavy atom. The van der Waals surface area contributed by atoms with Gasteiger partial charge < -0.3 is 10.2 Å². The fourth-order valence-corrected chi connectivity index (χ4v) is 5.53. The smallest absolute Gasteiger partial charge is 0.251 e. The zero-order chi connectivity index (χ0) is 22.7. The van der Waals surface area contributed by atoms with Crippen molar-refractivity contribution in [1.82, 2.24) is 15.2 Å². The lowest BCUT2D eigenvalue weighted by Gasteiger charge is -2.34. The number of nitrogens with zero attached hydrogens (tertiary/aromatic N) is 3. The molecular weight excluding hydrogens is 487 g/mol. The van der Waals surface area contributed by atoms with Gasteiger partial charge in [0.05, 0.1) is 15.3 Å². The fourth-order valence-electron chi connectivity index (χ4n) is 3.61. The van der Waals surface area contributed by atoms with Crippen molar-refractivity contribution in [1.29, 1.82) is 0 Å². The minimum Gasteiger partial charge on any atom is -0.351 e. The second-order valence-corrected chi connectivity index (χ2v) is 10.9. The van der Waals surface area contributed by atoms with Gasteiger partial charge in [0.15, 0.2) is 15.0 Å². The molecule has 1 N–H and O–H groups in total. The van der Waals surface area contributed by atoms with E-state index in [9.17, 15) is 17.6 Å². The molecule has 1 aromatic heterocycles. The molecule has 0 spiro atoms. The summed E-state index contributed by atoms with van der Waals surface area (Å²) in [6, 6.07) is 11.0. The molecule has 0 bridgehead atoms. The Kier molecular flexibility index (Phi) is 8.28. The van der Waals surface area contributed by atoms with Crippen LogP contribution in [0.4, 0.5) is 9.52 Å². The number of rotatable bonds is 7. The highest BCUT2D eigenvalue weighted by atomic mass is 35.5. The summed E-state index contributed by atoms with van der Waals surface area (Å²) < 4.78 is 38.5. The molecule has 2 heterocycles. The van der Waals surface area contributed by atoms with Gasteiger partial charge in [-0.1, -0.05) is 24.3 Å². The number of thiazole rings is 1. The summed E-state index contributed by atoms with van der Waals surface area (Å²) in [7, 11) is -3.27. The molecule has 1 amide bonds. The summed E-state index contributed by atoms with van der Waals surface area (Å²) in [5.74, 6) is -0.483. The van der Waals surface area contributed by atoms with Crippen LogP contribution in [0.25, 0.3) is 10.2 Å². The first-order chi connectivity index (χ1) is 15.4. The van der Waals surface area contributed by atoms with E-state index in [1.54, 1.807) is 13.0 Å². The quantitative estimate of drug-likeness (QED) is 0.523. The highest BCUT2D eigenvalue weighted by Crippen LogP contribution is 2.30. The molecule has 2 aromatic carbocycles. The van der Waals surface area contributed by atoms with Gasteiger partial charge in [-0.25, -0.2) is 17.8 Å². The van der Waals surface area contributed by atoms with E-state index in [4.69, 9.17) is 0 Å². The van der Waals surface area contributed by atoms with Gasteiger partial charge in [-0.15, -0.1) is 12.4 Å². The number of para-hydroxylation sites is 1. The molecule has 3 aromatic rings. The lowest BCUT2D eigenvalue weighted by molar-refractivity contribution is 0.0947. The third-order valence-electron chi connectivity index (χ3n) is 5.57. The van der Waals surface area contributed by atoms with Crippen LogP contribution in [0, 0.1) is 5.82 Å². The van der Waals surface area contributed by atoms with Crippen molar-refractivity contribution in [2.75, 3.05) is 49.9 Å². The van der Waals surface area contributed by atoms with Gasteiger partial charge >= 0.3 is 0 Å². The van der Waals surface area contributed by atoms with Crippen molar-refractivity contribution >= 4 is 54.8 Å². The second-order valence-electron chi connectivity index (χ2n) is 7.60. The summed E-state index contributed by atoms with van der Waals surface area (Å²) >= 11 is 1.50. The SMILES string of the molecule is CCS(=O)(=O)c1ccc(C(=O)NCCN2CCN(c3nc4c(F)cccc4s3)CC2)cc1.Cl. The van der Waals surface area contributed by atoms with Crippen LogP contribution in [-0.2, 0) is 9.84 Å². The van der Waals surface area contributed by atoms with Crippen LogP contribution in [0.2, 0.25) is 0 Å². The summed E-state index contributed by atoms with van der Waals surface area (Å²) in [5, 5.41) is 3.73. The van der Waals surface area contributed by atoms with Crippen LogP contribution in [-0.4, -0.2) is 69.2 Å². The molecule has 0 aliphatic carbocycles. The Morgan fingerprint density at radius 1 is 1.12 bits per heavy atom. The summed E-state index contributed by atoms with van der Waals surface area (Å²) in [5.41, 5.74) is 0.867. The minimum atomic E-state index is -3.27. The average molecular weight is 513 g/mol. The van der Waals surface area contributed by atoms with Crippen molar-refractivity contribution in [3.05, 3.63) is 53.8 Å². The summed E-state index contributed by atoms with van der Waals surface area (Å²) in [6.07, 6.45) is 0. The topological polar surface area (TPSA) is 82.6 Å². The first kappa shape index (κ1) is 25.4. The van der Waals surface area contributed by atoms with Gasteiger partial charge in [-0.2, -0.15) is 0 Å². The van der Waals surface area contributed by atoms with Crippen LogP contribution >= 0.6 is 23.7 Å². The van der Waals surface area contributed by atoms with Crippen LogP contribution in [0.3, 0.4) is 0 Å². The standard InChI is InChI=1S/C22H25FN4O3S2.ClH/c1-2-32(29,30)17-8-6-16(7-9-17)21(28)24-10-11-26-12-14-27(15-13-26)22-25-20-18(23)4-3-5-19(20)31-22;/h3-9H,2,10-15H2,1H3,(H,24,28);1H. The summed E-state index contributed by atoms with van der Waals surface area (Å²) in [4.78, 5) is 21.5. The number of fused-ring (bicyclic) bond motifs is 1. The third kappa shape index (κ3) is 5.81. The number of hydrogen-bond donors (Lipinski definition) is 1. The molecule has 11 heteroatoms. The van der Waals surface area contributed by atoms with Crippen molar-refractivity contribution in [3.63, 3.8) is 0 Å². The molecule has 0 saturated carbocycles. The Labute approximate surface area is 202 Å². The first-order valence-corrected chi connectivity index (χ1v) is 13.0. The molecule has 0 unspecified atom stereocenters. The van der Waals surface area contributed by atoms with E-state index in [0.29, 0.717) is 17.6 Å². The van der Waals surface area contributed by atoms with E-state index >= 15 is 0 Å². The van der Waals surface area contributed by atoms with Gasteiger partial charge in [-0.05, 0) is 36.4 Å². The molecule has 0 radical (unpaired) electrons. The number of benzene rings is 2. The minimum absolute atomic E-state index is 0. The molecule has 1 aliphatic rings. The lowest BCUT2D eigenvalue weighted by Crippen LogP contribution is -2.48. The largest absolute Gasteiger partial charge is 0.351 e. The molecule has 7 nitrogen and oxygen atoms in total. The maximum Gasteiger partial charge on any atom is 0.251 e. The molecular formula is C22H26ClFN4O3S2. The maximum atomic E-state index is 13.9. The molecule has 4 rings (SSSR count). The molecule has 33 heavy (non-hydrogen) atoms. The Balaban J connectivity index is 0.00000306. The number of sulfone groups is 1. The monoisotopic (exact) mass is 512 g/mol. The first-order valence-electron chi connectivity index (χ1n) is 10.5. The summed E-state index contributed by atoms with van der Waals surface area (Å²) in [6.45, 7) is 6.06. The maximum absolute atomic E-state index is 13.9. The van der Waals surface area contributed by atoms with Crippen LogP contribution in [0.15, 0.2) is 47.4 Å². The van der Waals surface area contributed by atoms with Crippen LogP contribution in [0.5, 0.6) is 0 Å². The molecule has 1 aliphatic heterocycles. The number of aromatic nitrogens is 1. The number of carbonyl (C=O) groups is 1. The van der Waals surface area contributed by atoms with Crippen LogP contribution in [0.1, 0.15) is 17.3 Å². The van der Waals surface area contributed by atoms with Crippen molar-refractivity contribution in [2.24, 2.45) is 0 Å². The number of carbonyl (C=O) groups excluding carboxylic acids is 1.